The number of rotatable bonds is 2. The molecule has 1 aliphatic carbocycles. The Bertz CT molecular complexity index is 682. The number of hydrogen-bond donors (Lipinski definition) is 0. The van der Waals surface area contributed by atoms with Crippen molar-refractivity contribution in [3.63, 3.8) is 0 Å². The molecule has 1 heterocycles. The van der Waals surface area contributed by atoms with Crippen molar-refractivity contribution < 1.29 is 4.74 Å². The van der Waals surface area contributed by atoms with E-state index in [-0.39, 0.29) is 6.10 Å². The van der Waals surface area contributed by atoms with Crippen molar-refractivity contribution in [1.29, 1.82) is 0 Å². The van der Waals surface area contributed by atoms with Gasteiger partial charge in [-0.1, -0.05) is 66.8 Å². The highest BCUT2D eigenvalue weighted by atomic mass is 16.5. The van der Waals surface area contributed by atoms with Gasteiger partial charge in [0.25, 0.3) is 0 Å². The first-order valence-corrected chi connectivity index (χ1v) is 7.09. The van der Waals surface area contributed by atoms with E-state index >= 15 is 0 Å². The van der Waals surface area contributed by atoms with Gasteiger partial charge in [0.2, 0.25) is 0 Å². The van der Waals surface area contributed by atoms with Crippen LogP contribution < -0.4 is 4.74 Å². The van der Waals surface area contributed by atoms with Crippen molar-refractivity contribution in [2.45, 2.75) is 18.4 Å². The molecule has 0 saturated carbocycles. The van der Waals surface area contributed by atoms with E-state index in [4.69, 9.17) is 4.74 Å². The lowest BCUT2D eigenvalue weighted by molar-refractivity contribution is 0.267. The molecule has 0 aromatic heterocycles. The third kappa shape index (κ3) is 1.87. The summed E-state index contributed by atoms with van der Waals surface area (Å²) in [5, 5.41) is 0. The summed E-state index contributed by atoms with van der Waals surface area (Å²) in [5.74, 6) is 1.47. The fraction of sp³-hybridized carbons (Fsp3) is 0.158. The van der Waals surface area contributed by atoms with E-state index in [1.165, 1.54) is 16.7 Å². The van der Waals surface area contributed by atoms with E-state index in [1.807, 2.05) is 0 Å². The molecule has 2 unspecified atom stereocenters. The van der Waals surface area contributed by atoms with Gasteiger partial charge >= 0.3 is 0 Å². The lowest BCUT2D eigenvalue weighted by Crippen LogP contribution is -2.15. The molecule has 4 rings (SSSR count). The summed E-state index contributed by atoms with van der Waals surface area (Å²) in [5.41, 5.74) is 3.93. The van der Waals surface area contributed by atoms with Crippen molar-refractivity contribution >= 4 is 0 Å². The number of fused-ring (bicyclic) bond motifs is 3. The molecular weight excluding hydrogens is 244 g/mol. The third-order valence-electron chi connectivity index (χ3n) is 4.06. The smallest absolute Gasteiger partial charge is 0.128 e. The molecule has 2 atom stereocenters. The number of para-hydroxylation sites is 1. The molecule has 20 heavy (non-hydrogen) atoms. The monoisotopic (exact) mass is 260 g/mol. The quantitative estimate of drug-likeness (QED) is 0.784. The average molecular weight is 260 g/mol. The van der Waals surface area contributed by atoms with E-state index in [1.54, 1.807) is 0 Å². The molecular formula is C19H16O. The largest absolute Gasteiger partial charge is 0.485 e. The molecule has 1 aliphatic heterocycles. The summed E-state index contributed by atoms with van der Waals surface area (Å²) in [6.07, 6.45) is 9.68. The molecule has 98 valence electrons. The number of allylic oxidation sites excluding steroid dienone is 2. The molecule has 2 aromatic carbocycles. The van der Waals surface area contributed by atoms with E-state index in [2.05, 4.69) is 72.8 Å². The molecule has 0 amide bonds. The Kier molecular flexibility index (Phi) is 2.70. The molecule has 0 N–H and O–H groups in total. The first kappa shape index (κ1) is 11.5. The van der Waals surface area contributed by atoms with Gasteiger partial charge in [0.15, 0.2) is 0 Å². The zero-order valence-corrected chi connectivity index (χ0v) is 11.2. The van der Waals surface area contributed by atoms with E-state index in [0.717, 1.165) is 12.2 Å². The van der Waals surface area contributed by atoms with Gasteiger partial charge in [0.1, 0.15) is 11.9 Å². The van der Waals surface area contributed by atoms with Crippen molar-refractivity contribution in [2.24, 2.45) is 0 Å². The van der Waals surface area contributed by atoms with Gasteiger partial charge in [-0.3, -0.25) is 0 Å². The highest BCUT2D eigenvalue weighted by Crippen LogP contribution is 2.43. The summed E-state index contributed by atoms with van der Waals surface area (Å²) in [4.78, 5) is 0. The van der Waals surface area contributed by atoms with Gasteiger partial charge in [0, 0.05) is 17.9 Å². The van der Waals surface area contributed by atoms with Crippen molar-refractivity contribution in [1.82, 2.24) is 0 Å². The van der Waals surface area contributed by atoms with Crippen LogP contribution in [0.2, 0.25) is 0 Å². The van der Waals surface area contributed by atoms with Crippen LogP contribution >= 0.6 is 0 Å². The molecule has 1 nitrogen and oxygen atoms in total. The van der Waals surface area contributed by atoms with Crippen LogP contribution in [0.5, 0.6) is 5.75 Å². The first-order chi connectivity index (χ1) is 9.92. The van der Waals surface area contributed by atoms with E-state index < -0.39 is 0 Å². The van der Waals surface area contributed by atoms with Gasteiger partial charge in [-0.05, 0) is 17.2 Å². The lowest BCUT2D eigenvalue weighted by atomic mass is 9.90. The maximum Gasteiger partial charge on any atom is 0.128 e. The molecule has 0 fully saturated rings. The second kappa shape index (κ2) is 4.68. The van der Waals surface area contributed by atoms with E-state index in [0.29, 0.717) is 5.92 Å². The van der Waals surface area contributed by atoms with Crippen LogP contribution in [0.1, 0.15) is 22.6 Å². The average Bonchev–Trinajstić information content (AvgIpc) is 2.88. The van der Waals surface area contributed by atoms with Gasteiger partial charge in [-0.25, -0.2) is 0 Å². The minimum Gasteiger partial charge on any atom is -0.485 e. The molecule has 0 spiro atoms. The summed E-state index contributed by atoms with van der Waals surface area (Å²) in [6, 6.07) is 17.1. The third-order valence-corrected chi connectivity index (χ3v) is 4.06. The fourth-order valence-electron chi connectivity index (χ4n) is 3.08. The van der Waals surface area contributed by atoms with Gasteiger partial charge < -0.3 is 4.74 Å². The maximum absolute atomic E-state index is 6.18. The number of benzene rings is 2. The maximum atomic E-state index is 6.18. The standard InChI is InChI=1S/C19H16O/c1-2-7-14(8-3-1)13-15-9-6-11-17-16-10-4-5-12-18(16)20-19(15)17/h1-12,16,18H,13H2. The van der Waals surface area contributed by atoms with Crippen LogP contribution in [0.25, 0.3) is 0 Å². The Morgan fingerprint density at radius 2 is 1.70 bits per heavy atom. The highest BCUT2D eigenvalue weighted by Gasteiger charge is 2.33. The van der Waals surface area contributed by atoms with Crippen molar-refractivity contribution in [3.05, 3.63) is 89.5 Å². The highest BCUT2D eigenvalue weighted by molar-refractivity contribution is 5.52. The molecule has 0 saturated heterocycles. The molecule has 2 aliphatic rings. The normalized spacial score (nSPS) is 22.2. The Morgan fingerprint density at radius 3 is 2.60 bits per heavy atom. The number of hydrogen-bond acceptors (Lipinski definition) is 1. The second-order valence-electron chi connectivity index (χ2n) is 5.38. The first-order valence-electron chi connectivity index (χ1n) is 7.09. The van der Waals surface area contributed by atoms with Gasteiger partial charge in [-0.2, -0.15) is 0 Å². The van der Waals surface area contributed by atoms with Gasteiger partial charge in [-0.15, -0.1) is 0 Å². The van der Waals surface area contributed by atoms with Crippen molar-refractivity contribution in [2.75, 3.05) is 0 Å². The molecule has 2 aromatic rings. The van der Waals surface area contributed by atoms with Crippen LogP contribution in [-0.2, 0) is 6.42 Å². The summed E-state index contributed by atoms with van der Waals surface area (Å²) in [6.45, 7) is 0. The molecule has 0 bridgehead atoms. The molecule has 1 heteroatoms. The Labute approximate surface area is 119 Å². The lowest BCUT2D eigenvalue weighted by Gasteiger charge is -2.14. The summed E-state index contributed by atoms with van der Waals surface area (Å²) in [7, 11) is 0. The predicted molar refractivity (Wildman–Crippen MR) is 81.1 cm³/mol. The summed E-state index contributed by atoms with van der Waals surface area (Å²) >= 11 is 0. The number of ether oxygens (including phenoxy) is 1. The zero-order valence-electron chi connectivity index (χ0n) is 11.2. The van der Waals surface area contributed by atoms with Crippen LogP contribution in [0.4, 0.5) is 0 Å². The minimum atomic E-state index is 0.173. The topological polar surface area (TPSA) is 9.23 Å². The van der Waals surface area contributed by atoms with Crippen LogP contribution in [0, 0.1) is 0 Å². The van der Waals surface area contributed by atoms with Crippen LogP contribution in [-0.4, -0.2) is 6.10 Å². The fourth-order valence-corrected chi connectivity index (χ4v) is 3.08. The van der Waals surface area contributed by atoms with Crippen LogP contribution in [0.3, 0.4) is 0 Å². The van der Waals surface area contributed by atoms with Crippen LogP contribution in [0.15, 0.2) is 72.8 Å². The molecule has 0 radical (unpaired) electrons. The Morgan fingerprint density at radius 1 is 0.850 bits per heavy atom. The van der Waals surface area contributed by atoms with Gasteiger partial charge in [0.05, 0.1) is 0 Å². The SMILES string of the molecule is C1=CC2Oc3c(Cc4ccccc4)cccc3C2C=C1. The Balaban J connectivity index is 1.72. The minimum absolute atomic E-state index is 0.173. The Hall–Kier alpha value is -2.28. The van der Waals surface area contributed by atoms with E-state index in [9.17, 15) is 0 Å². The zero-order chi connectivity index (χ0) is 13.4. The predicted octanol–water partition coefficient (Wildman–Crippen LogP) is 4.25. The van der Waals surface area contributed by atoms with Crippen molar-refractivity contribution in [3.8, 4) is 5.75 Å². The second-order valence-corrected chi connectivity index (χ2v) is 5.38. The summed E-state index contributed by atoms with van der Waals surface area (Å²) < 4.78 is 6.18.